The lowest BCUT2D eigenvalue weighted by Gasteiger charge is -2.32. The van der Waals surface area contributed by atoms with E-state index < -0.39 is 0 Å². The van der Waals surface area contributed by atoms with Crippen LogP contribution >= 0.6 is 0 Å². The van der Waals surface area contributed by atoms with Crippen molar-refractivity contribution in [2.24, 2.45) is 11.8 Å². The fraction of sp³-hybridized carbons (Fsp3) is 1.00. The Labute approximate surface area is 101 Å². The van der Waals surface area contributed by atoms with Gasteiger partial charge in [-0.2, -0.15) is 0 Å². The van der Waals surface area contributed by atoms with Gasteiger partial charge in [0.15, 0.2) is 0 Å². The van der Waals surface area contributed by atoms with Crippen molar-refractivity contribution in [1.82, 2.24) is 5.32 Å². The molecule has 0 radical (unpaired) electrons. The smallest absolute Gasteiger partial charge is 0.00695 e. The van der Waals surface area contributed by atoms with E-state index in [0.717, 1.165) is 23.9 Å². The fourth-order valence-corrected chi connectivity index (χ4v) is 3.78. The Hall–Kier alpha value is -0.0400. The zero-order chi connectivity index (χ0) is 11.4. The maximum Gasteiger partial charge on any atom is 0.00695 e. The van der Waals surface area contributed by atoms with Crippen molar-refractivity contribution in [3.63, 3.8) is 0 Å². The lowest BCUT2D eigenvalue weighted by Crippen LogP contribution is -2.43. The van der Waals surface area contributed by atoms with Gasteiger partial charge in [0.25, 0.3) is 0 Å². The normalized spacial score (nSPS) is 28.1. The molecule has 0 aromatic rings. The van der Waals surface area contributed by atoms with Crippen LogP contribution in [0.15, 0.2) is 0 Å². The molecule has 2 fully saturated rings. The van der Waals surface area contributed by atoms with Gasteiger partial charge in [-0.15, -0.1) is 0 Å². The molecule has 0 spiro atoms. The highest BCUT2D eigenvalue weighted by molar-refractivity contribution is 4.83. The summed E-state index contributed by atoms with van der Waals surface area (Å²) in [5.41, 5.74) is 0. The van der Waals surface area contributed by atoms with Gasteiger partial charge in [-0.1, -0.05) is 32.1 Å². The SMILES string of the molecule is CC(N[C@@H](C)C1CCCC1)C1CCCCC1. The minimum absolute atomic E-state index is 0.746. The molecule has 0 aliphatic heterocycles. The summed E-state index contributed by atoms with van der Waals surface area (Å²) in [6.07, 6.45) is 13.2. The van der Waals surface area contributed by atoms with Crippen LogP contribution in [0.5, 0.6) is 0 Å². The molecular formula is C15H29N. The molecule has 0 saturated heterocycles. The first-order valence-electron chi connectivity index (χ1n) is 7.53. The molecule has 2 rings (SSSR count). The van der Waals surface area contributed by atoms with Crippen molar-refractivity contribution in [2.75, 3.05) is 0 Å². The summed E-state index contributed by atoms with van der Waals surface area (Å²) >= 11 is 0. The van der Waals surface area contributed by atoms with E-state index in [0.29, 0.717) is 0 Å². The topological polar surface area (TPSA) is 12.0 Å². The second-order valence-corrected chi connectivity index (χ2v) is 6.19. The molecule has 1 heteroatoms. The molecule has 1 N–H and O–H groups in total. The highest BCUT2D eigenvalue weighted by atomic mass is 15.0. The van der Waals surface area contributed by atoms with E-state index in [1.54, 1.807) is 0 Å². The van der Waals surface area contributed by atoms with E-state index in [1.165, 1.54) is 57.8 Å². The van der Waals surface area contributed by atoms with Gasteiger partial charge in [-0.3, -0.25) is 0 Å². The van der Waals surface area contributed by atoms with Crippen molar-refractivity contribution < 1.29 is 0 Å². The molecule has 2 atom stereocenters. The monoisotopic (exact) mass is 223 g/mol. The predicted octanol–water partition coefficient (Wildman–Crippen LogP) is 4.12. The second-order valence-electron chi connectivity index (χ2n) is 6.19. The summed E-state index contributed by atoms with van der Waals surface area (Å²) in [4.78, 5) is 0. The zero-order valence-corrected chi connectivity index (χ0v) is 11.2. The Morgan fingerprint density at radius 3 is 1.50 bits per heavy atom. The van der Waals surface area contributed by atoms with Gasteiger partial charge >= 0.3 is 0 Å². The average molecular weight is 223 g/mol. The largest absolute Gasteiger partial charge is 0.311 e. The van der Waals surface area contributed by atoms with E-state index >= 15 is 0 Å². The first-order valence-corrected chi connectivity index (χ1v) is 7.53. The van der Waals surface area contributed by atoms with Crippen molar-refractivity contribution in [3.8, 4) is 0 Å². The number of hydrogen-bond acceptors (Lipinski definition) is 1. The number of nitrogens with one attached hydrogen (secondary N) is 1. The summed E-state index contributed by atoms with van der Waals surface area (Å²) < 4.78 is 0. The van der Waals surface area contributed by atoms with E-state index in [9.17, 15) is 0 Å². The maximum atomic E-state index is 3.89. The minimum Gasteiger partial charge on any atom is -0.311 e. The van der Waals surface area contributed by atoms with Crippen LogP contribution in [0.2, 0.25) is 0 Å². The van der Waals surface area contributed by atoms with Gasteiger partial charge in [0.05, 0.1) is 0 Å². The van der Waals surface area contributed by atoms with E-state index in [-0.39, 0.29) is 0 Å². The van der Waals surface area contributed by atoms with Crippen LogP contribution in [-0.2, 0) is 0 Å². The molecule has 1 unspecified atom stereocenters. The van der Waals surface area contributed by atoms with Crippen LogP contribution in [0.1, 0.15) is 71.6 Å². The van der Waals surface area contributed by atoms with Gasteiger partial charge in [-0.05, 0) is 51.4 Å². The molecule has 0 aromatic heterocycles. The molecule has 0 amide bonds. The van der Waals surface area contributed by atoms with Crippen LogP contribution in [0.4, 0.5) is 0 Å². The second kappa shape index (κ2) is 6.05. The van der Waals surface area contributed by atoms with Crippen molar-refractivity contribution >= 4 is 0 Å². The molecule has 2 saturated carbocycles. The Kier molecular flexibility index (Phi) is 4.69. The van der Waals surface area contributed by atoms with E-state index in [1.807, 2.05) is 0 Å². The summed E-state index contributed by atoms with van der Waals surface area (Å²) in [5.74, 6) is 1.92. The van der Waals surface area contributed by atoms with Crippen LogP contribution in [-0.4, -0.2) is 12.1 Å². The summed E-state index contributed by atoms with van der Waals surface area (Å²) in [5, 5.41) is 3.89. The molecule has 0 bridgehead atoms. The summed E-state index contributed by atoms with van der Waals surface area (Å²) in [6.45, 7) is 4.83. The lowest BCUT2D eigenvalue weighted by atomic mass is 9.84. The number of hydrogen-bond donors (Lipinski definition) is 1. The molecule has 94 valence electrons. The molecule has 16 heavy (non-hydrogen) atoms. The quantitative estimate of drug-likeness (QED) is 0.756. The van der Waals surface area contributed by atoms with E-state index in [4.69, 9.17) is 0 Å². The molecular weight excluding hydrogens is 194 g/mol. The van der Waals surface area contributed by atoms with Crippen molar-refractivity contribution in [1.29, 1.82) is 0 Å². The Morgan fingerprint density at radius 2 is 1.06 bits per heavy atom. The van der Waals surface area contributed by atoms with Crippen LogP contribution in [0, 0.1) is 11.8 Å². The van der Waals surface area contributed by atoms with Gasteiger partial charge in [0.1, 0.15) is 0 Å². The molecule has 0 heterocycles. The molecule has 2 aliphatic carbocycles. The Morgan fingerprint density at radius 1 is 0.688 bits per heavy atom. The highest BCUT2D eigenvalue weighted by Crippen LogP contribution is 2.30. The van der Waals surface area contributed by atoms with Crippen LogP contribution in [0.25, 0.3) is 0 Å². The summed E-state index contributed by atoms with van der Waals surface area (Å²) in [7, 11) is 0. The van der Waals surface area contributed by atoms with Gasteiger partial charge in [-0.25, -0.2) is 0 Å². The van der Waals surface area contributed by atoms with E-state index in [2.05, 4.69) is 19.2 Å². The summed E-state index contributed by atoms with van der Waals surface area (Å²) in [6, 6.07) is 1.50. The van der Waals surface area contributed by atoms with Crippen molar-refractivity contribution in [2.45, 2.75) is 83.7 Å². The number of rotatable bonds is 4. The van der Waals surface area contributed by atoms with Crippen molar-refractivity contribution in [3.05, 3.63) is 0 Å². The average Bonchev–Trinajstić information content (AvgIpc) is 2.83. The first-order chi connectivity index (χ1) is 7.77. The third-order valence-electron chi connectivity index (χ3n) is 4.99. The van der Waals surface area contributed by atoms with Gasteiger partial charge in [0, 0.05) is 12.1 Å². The third kappa shape index (κ3) is 3.23. The molecule has 2 aliphatic rings. The van der Waals surface area contributed by atoms with Crippen LogP contribution < -0.4 is 5.32 Å². The lowest BCUT2D eigenvalue weighted by molar-refractivity contribution is 0.244. The zero-order valence-electron chi connectivity index (χ0n) is 11.2. The molecule has 0 aromatic carbocycles. The molecule has 1 nitrogen and oxygen atoms in total. The van der Waals surface area contributed by atoms with Gasteiger partial charge < -0.3 is 5.32 Å². The first kappa shape index (κ1) is 12.4. The highest BCUT2D eigenvalue weighted by Gasteiger charge is 2.25. The fourth-order valence-electron chi connectivity index (χ4n) is 3.78. The predicted molar refractivity (Wildman–Crippen MR) is 70.6 cm³/mol. The maximum absolute atomic E-state index is 3.89. The minimum atomic E-state index is 0.746. The Balaban J connectivity index is 1.74. The standard InChI is InChI=1S/C15H29N/c1-12(14-8-4-3-5-9-14)16-13(2)15-10-6-7-11-15/h12-16H,3-11H2,1-2H3/t12?,13-/m0/s1. The third-order valence-corrected chi connectivity index (χ3v) is 4.99. The van der Waals surface area contributed by atoms with Gasteiger partial charge in [0.2, 0.25) is 0 Å². The Bertz CT molecular complexity index is 190. The van der Waals surface area contributed by atoms with Crippen LogP contribution in [0.3, 0.4) is 0 Å².